The molecule has 0 bridgehead atoms. The molecule has 1 atom stereocenters. The lowest BCUT2D eigenvalue weighted by Gasteiger charge is -2.38. The van der Waals surface area contributed by atoms with Gasteiger partial charge in [0.25, 0.3) is 11.7 Å². The summed E-state index contributed by atoms with van der Waals surface area (Å²) in [6, 6.07) is 13.8. The van der Waals surface area contributed by atoms with Gasteiger partial charge in [-0.05, 0) is 43.5 Å². The zero-order chi connectivity index (χ0) is 22.5. The molecule has 0 spiro atoms. The van der Waals surface area contributed by atoms with Crippen molar-refractivity contribution in [1.82, 2.24) is 4.90 Å². The van der Waals surface area contributed by atoms with Crippen LogP contribution in [0.15, 0.2) is 53.4 Å². The zero-order valence-electron chi connectivity index (χ0n) is 17.5. The van der Waals surface area contributed by atoms with Crippen LogP contribution in [0.3, 0.4) is 0 Å². The number of carbonyl (C=O) groups is 2. The van der Waals surface area contributed by atoms with Gasteiger partial charge in [-0.3, -0.25) is 9.59 Å². The number of likely N-dealkylation sites (tertiary alicyclic amines) is 1. The molecule has 32 heavy (non-hydrogen) atoms. The Labute approximate surface area is 189 Å². The molecule has 2 amide bonds. The van der Waals surface area contributed by atoms with E-state index in [0.717, 1.165) is 38.0 Å². The Bertz CT molecular complexity index is 969. The standard InChI is InChI=1S/C23H25F2N3O3S/c24-23(25)32-20-11-5-2-8-16(20)26-21(29)15-28-14-19(22(30)27-12-6-1-7-13-27)31-18-10-4-3-9-17(18)28/h2-5,8-11,19,23H,1,6-7,12-15H2,(H,26,29). The maximum absolute atomic E-state index is 13.0. The van der Waals surface area contributed by atoms with Crippen LogP contribution in [-0.2, 0) is 9.59 Å². The molecule has 1 fully saturated rings. The van der Waals surface area contributed by atoms with E-state index >= 15 is 0 Å². The third-order valence-electron chi connectivity index (χ3n) is 5.52. The van der Waals surface area contributed by atoms with Crippen molar-refractivity contribution >= 4 is 35.0 Å². The summed E-state index contributed by atoms with van der Waals surface area (Å²) in [4.78, 5) is 29.8. The summed E-state index contributed by atoms with van der Waals surface area (Å²) in [5.74, 6) is -2.45. The summed E-state index contributed by atoms with van der Waals surface area (Å²) in [5.41, 5.74) is 1.06. The highest BCUT2D eigenvalue weighted by atomic mass is 32.2. The number of nitrogens with one attached hydrogen (secondary N) is 1. The number of nitrogens with zero attached hydrogens (tertiary/aromatic N) is 2. The van der Waals surface area contributed by atoms with Gasteiger partial charge >= 0.3 is 0 Å². The smallest absolute Gasteiger partial charge is 0.288 e. The lowest BCUT2D eigenvalue weighted by molar-refractivity contribution is -0.139. The number of halogens is 2. The van der Waals surface area contributed by atoms with Crippen LogP contribution >= 0.6 is 11.8 Å². The van der Waals surface area contributed by atoms with Crippen molar-refractivity contribution in [2.24, 2.45) is 0 Å². The summed E-state index contributed by atoms with van der Waals surface area (Å²) in [5, 5.41) is 2.73. The molecule has 170 valence electrons. The molecular weight excluding hydrogens is 436 g/mol. The Kier molecular flexibility index (Phi) is 7.14. The number of thioether (sulfide) groups is 1. The van der Waals surface area contributed by atoms with E-state index in [-0.39, 0.29) is 24.9 Å². The topological polar surface area (TPSA) is 61.9 Å². The molecule has 6 nitrogen and oxygen atoms in total. The van der Waals surface area contributed by atoms with Crippen LogP contribution in [0.1, 0.15) is 19.3 Å². The van der Waals surface area contributed by atoms with E-state index < -0.39 is 11.9 Å². The van der Waals surface area contributed by atoms with Gasteiger partial charge in [0.15, 0.2) is 6.10 Å². The highest BCUT2D eigenvalue weighted by Gasteiger charge is 2.34. The third kappa shape index (κ3) is 5.32. The zero-order valence-corrected chi connectivity index (χ0v) is 18.3. The number of benzene rings is 2. The molecule has 0 aliphatic carbocycles. The molecule has 0 aromatic heterocycles. The first-order chi connectivity index (χ1) is 15.5. The second kappa shape index (κ2) is 10.2. The molecule has 0 radical (unpaired) electrons. The number of ether oxygens (including phenoxy) is 1. The first-order valence-electron chi connectivity index (χ1n) is 10.6. The summed E-state index contributed by atoms with van der Waals surface area (Å²) >= 11 is 0.390. The molecule has 1 saturated heterocycles. The van der Waals surface area contributed by atoms with Crippen LogP contribution in [0.4, 0.5) is 20.2 Å². The van der Waals surface area contributed by atoms with Crippen molar-refractivity contribution in [2.45, 2.75) is 36.0 Å². The minimum absolute atomic E-state index is 0.0299. The maximum atomic E-state index is 13.0. The molecule has 2 aliphatic rings. The van der Waals surface area contributed by atoms with Crippen molar-refractivity contribution in [2.75, 3.05) is 36.4 Å². The van der Waals surface area contributed by atoms with E-state index in [0.29, 0.717) is 28.1 Å². The predicted octanol–water partition coefficient (Wildman–Crippen LogP) is 4.22. The largest absolute Gasteiger partial charge is 0.477 e. The number of piperidine rings is 1. The van der Waals surface area contributed by atoms with Crippen LogP contribution in [-0.4, -0.2) is 54.8 Å². The molecule has 2 heterocycles. The van der Waals surface area contributed by atoms with E-state index in [2.05, 4.69) is 5.32 Å². The SMILES string of the molecule is O=C(CN1CC(C(=O)N2CCCCC2)Oc2ccccc21)Nc1ccccc1SC(F)F. The summed E-state index contributed by atoms with van der Waals surface area (Å²) in [6.07, 6.45) is 2.39. The number of rotatable bonds is 6. The number of hydrogen-bond acceptors (Lipinski definition) is 5. The second-order valence-electron chi connectivity index (χ2n) is 7.76. The summed E-state index contributed by atoms with van der Waals surface area (Å²) in [6.45, 7) is 1.66. The number of alkyl halides is 2. The third-order valence-corrected chi connectivity index (χ3v) is 6.30. The molecule has 2 aliphatic heterocycles. The van der Waals surface area contributed by atoms with Gasteiger partial charge in [0, 0.05) is 18.0 Å². The fraction of sp³-hybridized carbons (Fsp3) is 0.391. The minimum Gasteiger partial charge on any atom is -0.477 e. The number of para-hydroxylation sites is 3. The molecule has 9 heteroatoms. The van der Waals surface area contributed by atoms with E-state index in [9.17, 15) is 18.4 Å². The van der Waals surface area contributed by atoms with Crippen molar-refractivity contribution in [3.05, 3.63) is 48.5 Å². The Balaban J connectivity index is 1.48. The van der Waals surface area contributed by atoms with Crippen LogP contribution in [0.2, 0.25) is 0 Å². The normalized spacial score (nSPS) is 18.2. The van der Waals surface area contributed by atoms with E-state index in [1.54, 1.807) is 30.3 Å². The monoisotopic (exact) mass is 461 g/mol. The van der Waals surface area contributed by atoms with Crippen molar-refractivity contribution in [3.8, 4) is 5.75 Å². The summed E-state index contributed by atoms with van der Waals surface area (Å²) in [7, 11) is 0. The quantitative estimate of drug-likeness (QED) is 0.653. The Morgan fingerprint density at radius 3 is 2.56 bits per heavy atom. The van der Waals surface area contributed by atoms with Gasteiger partial charge in [0.1, 0.15) is 5.75 Å². The molecule has 1 unspecified atom stereocenters. The first kappa shape index (κ1) is 22.4. The predicted molar refractivity (Wildman–Crippen MR) is 120 cm³/mol. The van der Waals surface area contributed by atoms with Crippen LogP contribution < -0.4 is 15.0 Å². The Morgan fingerprint density at radius 1 is 1.06 bits per heavy atom. The Morgan fingerprint density at radius 2 is 1.78 bits per heavy atom. The van der Waals surface area contributed by atoms with Gasteiger partial charge in [-0.25, -0.2) is 0 Å². The molecule has 4 rings (SSSR count). The van der Waals surface area contributed by atoms with Gasteiger partial charge in [-0.15, -0.1) is 0 Å². The Hall–Kier alpha value is -2.81. The van der Waals surface area contributed by atoms with Crippen molar-refractivity contribution < 1.29 is 23.1 Å². The molecular formula is C23H25F2N3O3S. The van der Waals surface area contributed by atoms with Gasteiger partial charge < -0.3 is 19.9 Å². The van der Waals surface area contributed by atoms with Crippen molar-refractivity contribution in [3.63, 3.8) is 0 Å². The fourth-order valence-electron chi connectivity index (χ4n) is 4.04. The lowest BCUT2D eigenvalue weighted by Crippen LogP contribution is -2.52. The van der Waals surface area contributed by atoms with Crippen LogP contribution in [0.5, 0.6) is 5.75 Å². The number of hydrogen-bond donors (Lipinski definition) is 1. The lowest BCUT2D eigenvalue weighted by atomic mass is 10.1. The second-order valence-corrected chi connectivity index (χ2v) is 8.80. The number of carbonyl (C=O) groups excluding carboxylic acids is 2. The van der Waals surface area contributed by atoms with E-state index in [1.165, 1.54) is 0 Å². The van der Waals surface area contributed by atoms with Gasteiger partial charge in [0.2, 0.25) is 5.91 Å². The summed E-state index contributed by atoms with van der Waals surface area (Å²) < 4.78 is 31.7. The first-order valence-corrected chi connectivity index (χ1v) is 11.5. The van der Waals surface area contributed by atoms with E-state index in [4.69, 9.17) is 4.74 Å². The fourth-order valence-corrected chi connectivity index (χ4v) is 4.63. The highest BCUT2D eigenvalue weighted by molar-refractivity contribution is 7.99. The average molecular weight is 462 g/mol. The van der Waals surface area contributed by atoms with E-state index in [1.807, 2.05) is 28.0 Å². The molecule has 2 aromatic rings. The highest BCUT2D eigenvalue weighted by Crippen LogP contribution is 2.34. The van der Waals surface area contributed by atoms with Gasteiger partial charge in [-0.2, -0.15) is 8.78 Å². The van der Waals surface area contributed by atoms with Crippen LogP contribution in [0, 0.1) is 0 Å². The number of amides is 2. The molecule has 1 N–H and O–H groups in total. The maximum Gasteiger partial charge on any atom is 0.288 e. The average Bonchev–Trinajstić information content (AvgIpc) is 2.80. The number of anilines is 2. The number of fused-ring (bicyclic) bond motifs is 1. The minimum atomic E-state index is -2.58. The molecule has 0 saturated carbocycles. The molecule has 2 aromatic carbocycles. The van der Waals surface area contributed by atoms with Gasteiger partial charge in [-0.1, -0.05) is 36.0 Å². The van der Waals surface area contributed by atoms with Crippen LogP contribution in [0.25, 0.3) is 0 Å². The van der Waals surface area contributed by atoms with Gasteiger partial charge in [0.05, 0.1) is 24.5 Å². The van der Waals surface area contributed by atoms with Crippen molar-refractivity contribution in [1.29, 1.82) is 0 Å².